The average molecular weight is 263 g/mol. The molecule has 104 valence electrons. The third-order valence-corrected chi connectivity index (χ3v) is 4.49. The number of fused-ring (bicyclic) bond motifs is 1. The van der Waals surface area contributed by atoms with Gasteiger partial charge in [0.25, 0.3) is 5.69 Å². The maximum Gasteiger partial charge on any atom is 0.292 e. The lowest BCUT2D eigenvalue weighted by Crippen LogP contribution is -2.47. The van der Waals surface area contributed by atoms with Crippen LogP contribution in [0, 0.1) is 10.1 Å². The van der Waals surface area contributed by atoms with Crippen LogP contribution >= 0.6 is 0 Å². The molecule has 1 heterocycles. The van der Waals surface area contributed by atoms with E-state index in [1.807, 2.05) is 6.07 Å². The molecule has 19 heavy (non-hydrogen) atoms. The molecule has 2 atom stereocenters. The first-order chi connectivity index (χ1) is 8.76. The summed E-state index contributed by atoms with van der Waals surface area (Å²) in [6, 6.07) is 5.71. The summed E-state index contributed by atoms with van der Waals surface area (Å²) >= 11 is 0. The van der Waals surface area contributed by atoms with E-state index in [0.29, 0.717) is 5.69 Å². The molecular formula is C14H21N3O2. The maximum absolute atomic E-state index is 11.2. The first-order valence-corrected chi connectivity index (χ1v) is 6.54. The van der Waals surface area contributed by atoms with E-state index in [1.54, 1.807) is 12.1 Å². The van der Waals surface area contributed by atoms with E-state index in [9.17, 15) is 10.1 Å². The van der Waals surface area contributed by atoms with Gasteiger partial charge in [0.1, 0.15) is 5.69 Å². The molecule has 1 aliphatic heterocycles. The quantitative estimate of drug-likeness (QED) is 0.625. The van der Waals surface area contributed by atoms with Crippen LogP contribution in [-0.4, -0.2) is 29.0 Å². The maximum atomic E-state index is 11.2. The highest BCUT2D eigenvalue weighted by Gasteiger charge is 2.39. The molecule has 0 aromatic heterocycles. The molecule has 5 nitrogen and oxygen atoms in total. The molecule has 2 unspecified atom stereocenters. The van der Waals surface area contributed by atoms with E-state index >= 15 is 0 Å². The van der Waals surface area contributed by atoms with Crippen molar-refractivity contribution in [3.05, 3.63) is 33.9 Å². The van der Waals surface area contributed by atoms with E-state index < -0.39 is 0 Å². The van der Waals surface area contributed by atoms with E-state index in [-0.39, 0.29) is 28.2 Å². The number of anilines is 1. The number of nitrogens with one attached hydrogen (secondary N) is 1. The third-order valence-electron chi connectivity index (χ3n) is 4.49. The van der Waals surface area contributed by atoms with Crippen molar-refractivity contribution in [3.8, 4) is 0 Å². The van der Waals surface area contributed by atoms with Gasteiger partial charge >= 0.3 is 0 Å². The van der Waals surface area contributed by atoms with Crippen LogP contribution in [0.5, 0.6) is 0 Å². The first-order valence-electron chi connectivity index (χ1n) is 6.54. The van der Waals surface area contributed by atoms with Crippen LogP contribution in [0.25, 0.3) is 0 Å². The molecule has 0 saturated carbocycles. The zero-order chi connectivity index (χ0) is 14.4. The number of hydrogen-bond donors (Lipinski definition) is 1. The Labute approximate surface area is 113 Å². The normalized spacial score (nSPS) is 26.2. The lowest BCUT2D eigenvalue weighted by Gasteiger charge is -2.39. The summed E-state index contributed by atoms with van der Waals surface area (Å²) in [5.74, 6) is 0. The molecule has 0 aliphatic carbocycles. The highest BCUT2D eigenvalue weighted by molar-refractivity contribution is 5.69. The fourth-order valence-electron chi connectivity index (χ4n) is 2.74. The van der Waals surface area contributed by atoms with Crippen molar-refractivity contribution < 1.29 is 4.92 Å². The Morgan fingerprint density at radius 1 is 1.37 bits per heavy atom. The van der Waals surface area contributed by atoms with Crippen LogP contribution in [-0.2, 0) is 5.54 Å². The number of hydrogen-bond acceptors (Lipinski definition) is 4. The number of likely N-dealkylation sites (N-methyl/N-ethyl adjacent to an activating group) is 1. The minimum Gasteiger partial charge on any atom is -0.375 e. The highest BCUT2D eigenvalue weighted by atomic mass is 16.6. The van der Waals surface area contributed by atoms with Crippen molar-refractivity contribution in [2.75, 3.05) is 12.4 Å². The van der Waals surface area contributed by atoms with Crippen molar-refractivity contribution in [3.63, 3.8) is 0 Å². The topological polar surface area (TPSA) is 58.4 Å². The van der Waals surface area contributed by atoms with Crippen molar-refractivity contribution in [1.29, 1.82) is 0 Å². The molecule has 0 radical (unpaired) electrons. The van der Waals surface area contributed by atoms with Gasteiger partial charge in [-0.25, -0.2) is 0 Å². The van der Waals surface area contributed by atoms with Crippen molar-refractivity contribution in [2.24, 2.45) is 0 Å². The van der Waals surface area contributed by atoms with Gasteiger partial charge in [-0.3, -0.25) is 15.0 Å². The van der Waals surface area contributed by atoms with Gasteiger partial charge in [0, 0.05) is 29.3 Å². The van der Waals surface area contributed by atoms with Crippen molar-refractivity contribution >= 4 is 11.4 Å². The molecule has 1 aromatic carbocycles. The third kappa shape index (κ3) is 2.08. The Kier molecular flexibility index (Phi) is 3.26. The number of para-hydroxylation sites is 1. The zero-order valence-corrected chi connectivity index (χ0v) is 12.1. The molecule has 1 N–H and O–H groups in total. The average Bonchev–Trinajstić information content (AvgIpc) is 2.41. The van der Waals surface area contributed by atoms with Crippen LogP contribution in [0.3, 0.4) is 0 Å². The van der Waals surface area contributed by atoms with Gasteiger partial charge in [0.2, 0.25) is 0 Å². The van der Waals surface area contributed by atoms with Gasteiger partial charge < -0.3 is 5.32 Å². The number of nitro groups is 1. The lowest BCUT2D eigenvalue weighted by molar-refractivity contribution is -0.384. The lowest BCUT2D eigenvalue weighted by atomic mass is 9.90. The molecule has 2 rings (SSSR count). The van der Waals surface area contributed by atoms with Gasteiger partial charge in [0.15, 0.2) is 0 Å². The van der Waals surface area contributed by atoms with E-state index in [0.717, 1.165) is 5.56 Å². The first kappa shape index (κ1) is 13.8. The Hall–Kier alpha value is -1.62. The molecule has 0 amide bonds. The summed E-state index contributed by atoms with van der Waals surface area (Å²) in [6.07, 6.45) is 0. The fourth-order valence-corrected chi connectivity index (χ4v) is 2.74. The fraction of sp³-hybridized carbons (Fsp3) is 0.571. The second-order valence-corrected chi connectivity index (χ2v) is 5.80. The van der Waals surface area contributed by atoms with Gasteiger partial charge in [-0.2, -0.15) is 0 Å². The summed E-state index contributed by atoms with van der Waals surface area (Å²) in [5, 5.41) is 14.5. The van der Waals surface area contributed by atoms with Gasteiger partial charge in [-0.05, 0) is 34.7 Å². The van der Waals surface area contributed by atoms with Crippen molar-refractivity contribution in [1.82, 2.24) is 4.90 Å². The molecule has 0 spiro atoms. The Bertz CT molecular complexity index is 513. The highest BCUT2D eigenvalue weighted by Crippen LogP contribution is 2.41. The predicted octanol–water partition coefficient (Wildman–Crippen LogP) is 2.96. The summed E-state index contributed by atoms with van der Waals surface area (Å²) in [6.45, 7) is 8.40. The van der Waals surface area contributed by atoms with Gasteiger partial charge in [-0.1, -0.05) is 12.1 Å². The minimum absolute atomic E-state index is 0.145. The van der Waals surface area contributed by atoms with E-state index in [2.05, 4.69) is 45.0 Å². The standard InChI is InChI=1S/C14H21N3O2/c1-9-10(2)16(5)14(3,4)11-7-6-8-12(17(18)19)13(11)15-9/h6-10,15H,1-5H3. The largest absolute Gasteiger partial charge is 0.375 e. The monoisotopic (exact) mass is 263 g/mol. The smallest absolute Gasteiger partial charge is 0.292 e. The minimum atomic E-state index is -0.315. The number of nitrogens with zero attached hydrogens (tertiary/aromatic N) is 2. The number of benzene rings is 1. The number of nitro benzene ring substituents is 1. The summed E-state index contributed by atoms with van der Waals surface area (Å²) in [7, 11) is 2.07. The molecule has 1 aliphatic rings. The van der Waals surface area contributed by atoms with Crippen LogP contribution < -0.4 is 5.32 Å². The van der Waals surface area contributed by atoms with Crippen LogP contribution in [0.4, 0.5) is 11.4 Å². The van der Waals surface area contributed by atoms with Crippen LogP contribution in [0.2, 0.25) is 0 Å². The van der Waals surface area contributed by atoms with Crippen molar-refractivity contribution in [2.45, 2.75) is 45.3 Å². The molecule has 0 bridgehead atoms. The Balaban J connectivity index is 2.68. The van der Waals surface area contributed by atoms with E-state index in [1.165, 1.54) is 0 Å². The van der Waals surface area contributed by atoms with Crippen LogP contribution in [0.15, 0.2) is 18.2 Å². The number of rotatable bonds is 1. The Morgan fingerprint density at radius 3 is 2.58 bits per heavy atom. The zero-order valence-electron chi connectivity index (χ0n) is 12.1. The molecule has 0 fully saturated rings. The SMILES string of the molecule is CC1Nc2c([N+](=O)[O-])cccc2C(C)(C)N(C)C1C. The van der Waals surface area contributed by atoms with Crippen LogP contribution in [0.1, 0.15) is 33.3 Å². The summed E-state index contributed by atoms with van der Waals surface area (Å²) < 4.78 is 0. The Morgan fingerprint density at radius 2 is 2.00 bits per heavy atom. The van der Waals surface area contributed by atoms with Gasteiger partial charge in [0.05, 0.1) is 4.92 Å². The summed E-state index contributed by atoms with van der Waals surface area (Å²) in [4.78, 5) is 13.2. The molecule has 1 aromatic rings. The molecule has 0 saturated heterocycles. The predicted molar refractivity (Wildman–Crippen MR) is 76.4 cm³/mol. The molecule has 5 heteroatoms. The van der Waals surface area contributed by atoms with E-state index in [4.69, 9.17) is 0 Å². The van der Waals surface area contributed by atoms with Gasteiger partial charge in [-0.15, -0.1) is 0 Å². The summed E-state index contributed by atoms with van der Waals surface area (Å²) in [5.41, 5.74) is 1.53. The second-order valence-electron chi connectivity index (χ2n) is 5.80. The molecular weight excluding hydrogens is 242 g/mol. The second kappa shape index (κ2) is 4.49.